The molecule has 0 unspecified atom stereocenters. The van der Waals surface area contributed by atoms with Crippen molar-refractivity contribution >= 4 is 10.9 Å². The van der Waals surface area contributed by atoms with Gasteiger partial charge in [0.25, 0.3) is 0 Å². The molecule has 0 radical (unpaired) electrons. The summed E-state index contributed by atoms with van der Waals surface area (Å²) in [4.78, 5) is 12.2. The van der Waals surface area contributed by atoms with E-state index in [0.29, 0.717) is 23.2 Å². The van der Waals surface area contributed by atoms with Gasteiger partial charge in [0, 0.05) is 6.20 Å². The number of pyridine rings is 1. The minimum atomic E-state index is -0.144. The number of hydrogen-bond acceptors (Lipinski definition) is 6. The number of benzene rings is 1. The maximum Gasteiger partial charge on any atom is 0.326 e. The van der Waals surface area contributed by atoms with Gasteiger partial charge in [-0.25, -0.2) is 0 Å². The topological polar surface area (TPSA) is 86.0 Å². The van der Waals surface area contributed by atoms with Crippen molar-refractivity contribution in [3.05, 3.63) is 66.2 Å². The van der Waals surface area contributed by atoms with Crippen molar-refractivity contribution in [2.24, 2.45) is 0 Å². The van der Waals surface area contributed by atoms with Crippen molar-refractivity contribution < 1.29 is 9.84 Å². The van der Waals surface area contributed by atoms with Crippen LogP contribution in [0, 0.1) is 6.92 Å². The van der Waals surface area contributed by atoms with E-state index in [9.17, 15) is 5.11 Å². The zero-order valence-corrected chi connectivity index (χ0v) is 13.5. The third-order valence-electron chi connectivity index (χ3n) is 3.70. The fourth-order valence-corrected chi connectivity index (χ4v) is 2.58. The number of nitrogens with zero attached hydrogens (tertiary/aromatic N) is 5. The molecule has 0 spiro atoms. The standard InChI is InChI=1S/C18H15N5O2/c1-12-3-2-4-13(7-12)10-23-11-14(8-20-23)25-18-21-16-9-19-6-5-15(16)17(24)22-18/h2-9,11H,10H2,1H3,(H,21,22,24). The molecule has 7 heteroatoms. The lowest BCUT2D eigenvalue weighted by molar-refractivity contribution is 0.411. The third kappa shape index (κ3) is 3.25. The first-order chi connectivity index (χ1) is 12.2. The van der Waals surface area contributed by atoms with Crippen LogP contribution in [0.3, 0.4) is 0 Å². The Morgan fingerprint density at radius 3 is 2.96 bits per heavy atom. The molecule has 0 amide bonds. The highest BCUT2D eigenvalue weighted by Crippen LogP contribution is 2.25. The van der Waals surface area contributed by atoms with Crippen LogP contribution in [-0.4, -0.2) is 29.8 Å². The Hall–Kier alpha value is -3.48. The molecule has 0 aliphatic heterocycles. The van der Waals surface area contributed by atoms with Gasteiger partial charge in [-0.05, 0) is 18.6 Å². The second-order valence-corrected chi connectivity index (χ2v) is 5.69. The third-order valence-corrected chi connectivity index (χ3v) is 3.70. The largest absolute Gasteiger partial charge is 0.493 e. The Balaban J connectivity index is 1.55. The van der Waals surface area contributed by atoms with Crippen molar-refractivity contribution in [1.29, 1.82) is 0 Å². The molecule has 3 heterocycles. The quantitative estimate of drug-likeness (QED) is 0.618. The molecule has 0 atom stereocenters. The van der Waals surface area contributed by atoms with Gasteiger partial charge in [0.1, 0.15) is 0 Å². The molecule has 1 N–H and O–H groups in total. The zero-order chi connectivity index (χ0) is 17.2. The van der Waals surface area contributed by atoms with Crippen molar-refractivity contribution in [2.75, 3.05) is 0 Å². The minimum absolute atomic E-state index is 0.0492. The van der Waals surface area contributed by atoms with E-state index in [4.69, 9.17) is 4.74 Å². The number of aromatic nitrogens is 5. The lowest BCUT2D eigenvalue weighted by atomic mass is 10.1. The van der Waals surface area contributed by atoms with E-state index < -0.39 is 0 Å². The SMILES string of the molecule is Cc1cccc(Cn2cc(Oc3nc(O)c4ccncc4n3)cn2)c1. The Labute approximate surface area is 143 Å². The molecule has 4 rings (SSSR count). The molecular formula is C18H15N5O2. The Bertz CT molecular complexity index is 1040. The second kappa shape index (κ2) is 6.20. The molecule has 25 heavy (non-hydrogen) atoms. The van der Waals surface area contributed by atoms with Crippen LogP contribution in [-0.2, 0) is 6.54 Å². The van der Waals surface area contributed by atoms with E-state index in [0.717, 1.165) is 5.56 Å². The minimum Gasteiger partial charge on any atom is -0.493 e. The van der Waals surface area contributed by atoms with Gasteiger partial charge in [0.15, 0.2) is 5.75 Å². The van der Waals surface area contributed by atoms with Crippen molar-refractivity contribution in [3.63, 3.8) is 0 Å². The molecule has 0 fully saturated rings. The predicted octanol–water partition coefficient (Wildman–Crippen LogP) is 3.08. The van der Waals surface area contributed by atoms with Gasteiger partial charge in [-0.1, -0.05) is 29.8 Å². The normalized spacial score (nSPS) is 10.9. The molecule has 7 nitrogen and oxygen atoms in total. The summed E-state index contributed by atoms with van der Waals surface area (Å²) in [6.45, 7) is 2.69. The predicted molar refractivity (Wildman–Crippen MR) is 91.6 cm³/mol. The van der Waals surface area contributed by atoms with Gasteiger partial charge in [-0.15, -0.1) is 0 Å². The average molecular weight is 333 g/mol. The van der Waals surface area contributed by atoms with Crippen LogP contribution in [0.15, 0.2) is 55.1 Å². The van der Waals surface area contributed by atoms with Gasteiger partial charge in [0.05, 0.1) is 36.0 Å². The van der Waals surface area contributed by atoms with E-state index in [1.807, 2.05) is 12.1 Å². The summed E-state index contributed by atoms with van der Waals surface area (Å²) < 4.78 is 7.39. The van der Waals surface area contributed by atoms with E-state index in [1.54, 1.807) is 35.5 Å². The second-order valence-electron chi connectivity index (χ2n) is 5.69. The van der Waals surface area contributed by atoms with Crippen LogP contribution in [0.4, 0.5) is 0 Å². The van der Waals surface area contributed by atoms with E-state index in [2.05, 4.69) is 39.1 Å². The fourth-order valence-electron chi connectivity index (χ4n) is 2.58. The van der Waals surface area contributed by atoms with Crippen LogP contribution < -0.4 is 4.74 Å². The maximum atomic E-state index is 9.98. The van der Waals surface area contributed by atoms with Crippen LogP contribution in [0.5, 0.6) is 17.6 Å². The number of aryl methyl sites for hydroxylation is 1. The number of ether oxygens (including phenoxy) is 1. The highest BCUT2D eigenvalue weighted by Gasteiger charge is 2.10. The summed E-state index contributed by atoms with van der Waals surface area (Å²) in [6, 6.07) is 9.93. The summed E-state index contributed by atoms with van der Waals surface area (Å²) in [7, 11) is 0. The first-order valence-electron chi connectivity index (χ1n) is 7.74. The highest BCUT2D eigenvalue weighted by atomic mass is 16.5. The summed E-state index contributed by atoms with van der Waals surface area (Å²) >= 11 is 0. The Morgan fingerprint density at radius 2 is 2.08 bits per heavy atom. The van der Waals surface area contributed by atoms with E-state index >= 15 is 0 Å². The monoisotopic (exact) mass is 333 g/mol. The first kappa shape index (κ1) is 15.1. The lowest BCUT2D eigenvalue weighted by Gasteiger charge is -2.04. The zero-order valence-electron chi connectivity index (χ0n) is 13.5. The van der Waals surface area contributed by atoms with Gasteiger partial charge in [0.2, 0.25) is 5.88 Å². The van der Waals surface area contributed by atoms with Gasteiger partial charge in [-0.3, -0.25) is 9.67 Å². The Kier molecular flexibility index (Phi) is 3.74. The van der Waals surface area contributed by atoms with Gasteiger partial charge in [-0.2, -0.15) is 15.1 Å². The van der Waals surface area contributed by atoms with E-state index in [1.165, 1.54) is 5.56 Å². The highest BCUT2D eigenvalue weighted by molar-refractivity contribution is 5.82. The summed E-state index contributed by atoms with van der Waals surface area (Å²) in [5.74, 6) is 0.352. The summed E-state index contributed by atoms with van der Waals surface area (Å²) in [5, 5.41) is 14.8. The van der Waals surface area contributed by atoms with Crippen LogP contribution >= 0.6 is 0 Å². The molecule has 124 valence electrons. The van der Waals surface area contributed by atoms with Gasteiger partial charge >= 0.3 is 6.01 Å². The first-order valence-corrected chi connectivity index (χ1v) is 7.74. The molecular weight excluding hydrogens is 318 g/mol. The van der Waals surface area contributed by atoms with Crippen molar-refractivity contribution in [2.45, 2.75) is 13.5 Å². The molecule has 0 saturated carbocycles. The number of aromatic hydroxyl groups is 1. The van der Waals surface area contributed by atoms with Gasteiger partial charge < -0.3 is 9.84 Å². The molecule has 0 aliphatic carbocycles. The van der Waals surface area contributed by atoms with Crippen LogP contribution in [0.1, 0.15) is 11.1 Å². The van der Waals surface area contributed by atoms with Crippen molar-refractivity contribution in [1.82, 2.24) is 24.7 Å². The fraction of sp³-hybridized carbons (Fsp3) is 0.111. The van der Waals surface area contributed by atoms with E-state index in [-0.39, 0.29) is 11.9 Å². The molecule has 0 aliphatic rings. The maximum absolute atomic E-state index is 9.98. The van der Waals surface area contributed by atoms with Crippen molar-refractivity contribution in [3.8, 4) is 17.6 Å². The van der Waals surface area contributed by atoms with Crippen LogP contribution in [0.25, 0.3) is 10.9 Å². The molecule has 4 aromatic rings. The van der Waals surface area contributed by atoms with Crippen LogP contribution in [0.2, 0.25) is 0 Å². The molecule has 1 aromatic carbocycles. The summed E-state index contributed by atoms with van der Waals surface area (Å²) in [6.07, 6.45) is 6.46. The molecule has 3 aromatic heterocycles. The number of fused-ring (bicyclic) bond motifs is 1. The number of rotatable bonds is 4. The molecule has 0 saturated heterocycles. The Morgan fingerprint density at radius 1 is 1.16 bits per heavy atom. The summed E-state index contributed by atoms with van der Waals surface area (Å²) in [5.41, 5.74) is 2.87. The molecule has 0 bridgehead atoms. The lowest BCUT2D eigenvalue weighted by Crippen LogP contribution is -1.99. The average Bonchev–Trinajstić information content (AvgIpc) is 3.02. The number of hydrogen-bond donors (Lipinski definition) is 1. The smallest absolute Gasteiger partial charge is 0.326 e.